The largest absolute Gasteiger partial charge is 0.255 e. The van der Waals surface area contributed by atoms with E-state index in [9.17, 15) is 0 Å². The lowest BCUT2D eigenvalue weighted by atomic mass is 10.2. The van der Waals surface area contributed by atoms with Crippen molar-refractivity contribution in [3.05, 3.63) is 66.5 Å². The van der Waals surface area contributed by atoms with Gasteiger partial charge in [-0.3, -0.25) is 4.98 Å². The summed E-state index contributed by atoms with van der Waals surface area (Å²) in [5.41, 5.74) is 3.98. The van der Waals surface area contributed by atoms with E-state index in [1.165, 1.54) is 0 Å². The van der Waals surface area contributed by atoms with E-state index in [1.54, 1.807) is 6.20 Å². The first-order valence-electron chi connectivity index (χ1n) is 5.88. The molecule has 3 aromatic rings. The average Bonchev–Trinajstić information content (AvgIpc) is 2.83. The van der Waals surface area contributed by atoms with Crippen LogP contribution in [0.1, 0.15) is 5.69 Å². The lowest BCUT2D eigenvalue weighted by Crippen LogP contribution is -1.99. The molecule has 0 radical (unpaired) electrons. The molecule has 0 aliphatic carbocycles. The van der Waals surface area contributed by atoms with Crippen molar-refractivity contribution in [1.29, 1.82) is 0 Å². The molecule has 0 aliphatic rings. The van der Waals surface area contributed by atoms with Crippen molar-refractivity contribution in [2.45, 2.75) is 6.92 Å². The highest BCUT2D eigenvalue weighted by Crippen LogP contribution is 2.21. The molecule has 0 atom stereocenters. The Balaban J connectivity index is 2.17. The minimum absolute atomic E-state index is 0.932. The fourth-order valence-electron chi connectivity index (χ4n) is 1.96. The molecule has 88 valence electrons. The molecule has 1 aromatic carbocycles. The molecule has 3 rings (SSSR count). The van der Waals surface area contributed by atoms with Crippen LogP contribution in [0.15, 0.2) is 60.8 Å². The summed E-state index contributed by atoms with van der Waals surface area (Å²) < 4.78 is 1.93. The number of aromatic nitrogens is 3. The first-order chi connectivity index (χ1) is 8.84. The highest BCUT2D eigenvalue weighted by molar-refractivity contribution is 5.58. The van der Waals surface area contributed by atoms with E-state index in [0.717, 1.165) is 22.8 Å². The van der Waals surface area contributed by atoms with Crippen molar-refractivity contribution in [2.24, 2.45) is 0 Å². The van der Waals surface area contributed by atoms with Gasteiger partial charge in [0.1, 0.15) is 0 Å². The van der Waals surface area contributed by atoms with Crippen molar-refractivity contribution in [2.75, 3.05) is 0 Å². The second-order valence-electron chi connectivity index (χ2n) is 4.13. The molecule has 0 N–H and O–H groups in total. The second kappa shape index (κ2) is 4.45. The maximum atomic E-state index is 4.53. The SMILES string of the molecule is Cc1cc(-c2ccccn2)n(-c2ccccc2)n1. The Morgan fingerprint density at radius 3 is 2.44 bits per heavy atom. The van der Waals surface area contributed by atoms with Gasteiger partial charge in [0.15, 0.2) is 0 Å². The van der Waals surface area contributed by atoms with Gasteiger partial charge in [-0.05, 0) is 37.3 Å². The smallest absolute Gasteiger partial charge is 0.0927 e. The Morgan fingerprint density at radius 2 is 1.72 bits per heavy atom. The van der Waals surface area contributed by atoms with Crippen LogP contribution in [0.3, 0.4) is 0 Å². The summed E-state index contributed by atoms with van der Waals surface area (Å²) in [6, 6.07) is 18.0. The molecule has 0 spiro atoms. The van der Waals surface area contributed by atoms with Gasteiger partial charge in [0.05, 0.1) is 22.8 Å². The van der Waals surface area contributed by atoms with Gasteiger partial charge >= 0.3 is 0 Å². The lowest BCUT2D eigenvalue weighted by molar-refractivity contribution is 0.866. The quantitative estimate of drug-likeness (QED) is 0.682. The molecule has 2 heterocycles. The minimum atomic E-state index is 0.932. The fourth-order valence-corrected chi connectivity index (χ4v) is 1.96. The van der Waals surface area contributed by atoms with Gasteiger partial charge in [-0.1, -0.05) is 24.3 Å². The van der Waals surface area contributed by atoms with Crippen molar-refractivity contribution >= 4 is 0 Å². The van der Waals surface area contributed by atoms with E-state index in [2.05, 4.69) is 16.1 Å². The van der Waals surface area contributed by atoms with E-state index in [-0.39, 0.29) is 0 Å². The summed E-state index contributed by atoms with van der Waals surface area (Å²) in [5, 5.41) is 4.53. The van der Waals surface area contributed by atoms with Gasteiger partial charge in [-0.15, -0.1) is 0 Å². The maximum Gasteiger partial charge on any atom is 0.0927 e. The number of aryl methyl sites for hydroxylation is 1. The fraction of sp³-hybridized carbons (Fsp3) is 0.0667. The molecule has 2 aromatic heterocycles. The van der Waals surface area contributed by atoms with Crippen LogP contribution in [0, 0.1) is 6.92 Å². The molecule has 3 nitrogen and oxygen atoms in total. The van der Waals surface area contributed by atoms with E-state index < -0.39 is 0 Å². The number of hydrogen-bond acceptors (Lipinski definition) is 2. The van der Waals surface area contributed by atoms with Crippen LogP contribution >= 0.6 is 0 Å². The average molecular weight is 235 g/mol. The normalized spacial score (nSPS) is 10.5. The topological polar surface area (TPSA) is 30.7 Å². The zero-order valence-electron chi connectivity index (χ0n) is 10.1. The second-order valence-corrected chi connectivity index (χ2v) is 4.13. The van der Waals surface area contributed by atoms with Gasteiger partial charge in [0.2, 0.25) is 0 Å². The van der Waals surface area contributed by atoms with Crippen LogP contribution in [-0.2, 0) is 0 Å². The lowest BCUT2D eigenvalue weighted by Gasteiger charge is -2.06. The summed E-state index contributed by atoms with van der Waals surface area (Å²) in [6.07, 6.45) is 1.80. The van der Waals surface area contributed by atoms with Crippen LogP contribution in [0.4, 0.5) is 0 Å². The first kappa shape index (κ1) is 10.7. The molecule has 18 heavy (non-hydrogen) atoms. The monoisotopic (exact) mass is 235 g/mol. The summed E-state index contributed by atoms with van der Waals surface area (Å²) in [6.45, 7) is 1.99. The van der Waals surface area contributed by atoms with E-state index in [1.807, 2.05) is 60.1 Å². The Hall–Kier alpha value is -2.42. The van der Waals surface area contributed by atoms with E-state index >= 15 is 0 Å². The third-order valence-corrected chi connectivity index (χ3v) is 2.76. The Labute approximate surface area is 106 Å². The summed E-state index contributed by atoms with van der Waals surface area (Å²) >= 11 is 0. The van der Waals surface area contributed by atoms with Gasteiger partial charge in [-0.25, -0.2) is 4.68 Å². The number of nitrogens with zero attached hydrogens (tertiary/aromatic N) is 3. The molecular weight excluding hydrogens is 222 g/mol. The molecule has 0 aliphatic heterocycles. The van der Waals surface area contributed by atoms with Crippen molar-refractivity contribution < 1.29 is 0 Å². The molecule has 0 unspecified atom stereocenters. The van der Waals surface area contributed by atoms with Gasteiger partial charge in [0.25, 0.3) is 0 Å². The van der Waals surface area contributed by atoms with Gasteiger partial charge in [-0.2, -0.15) is 5.10 Å². The predicted molar refractivity (Wildman–Crippen MR) is 71.5 cm³/mol. The maximum absolute atomic E-state index is 4.53. The molecule has 3 heteroatoms. The zero-order chi connectivity index (χ0) is 12.4. The van der Waals surface area contributed by atoms with Crippen molar-refractivity contribution in [1.82, 2.24) is 14.8 Å². The van der Waals surface area contributed by atoms with E-state index in [4.69, 9.17) is 0 Å². The van der Waals surface area contributed by atoms with Crippen LogP contribution in [0.2, 0.25) is 0 Å². The van der Waals surface area contributed by atoms with Gasteiger partial charge < -0.3 is 0 Å². The zero-order valence-corrected chi connectivity index (χ0v) is 10.1. The number of pyridine rings is 1. The Morgan fingerprint density at radius 1 is 0.944 bits per heavy atom. The standard InChI is InChI=1S/C15H13N3/c1-12-11-15(14-9-5-6-10-16-14)18(17-12)13-7-3-2-4-8-13/h2-11H,1H3. The predicted octanol–water partition coefficient (Wildman–Crippen LogP) is 3.24. The highest BCUT2D eigenvalue weighted by Gasteiger charge is 2.09. The molecule has 0 fully saturated rings. The summed E-state index contributed by atoms with van der Waals surface area (Å²) in [5.74, 6) is 0. The van der Waals surface area contributed by atoms with Crippen molar-refractivity contribution in [3.8, 4) is 17.1 Å². The van der Waals surface area contributed by atoms with Crippen LogP contribution in [0.5, 0.6) is 0 Å². The molecule has 0 amide bonds. The third kappa shape index (κ3) is 1.91. The molecular formula is C15H13N3. The number of para-hydroxylation sites is 1. The number of hydrogen-bond donors (Lipinski definition) is 0. The summed E-state index contributed by atoms with van der Waals surface area (Å²) in [7, 11) is 0. The summed E-state index contributed by atoms with van der Waals surface area (Å²) in [4.78, 5) is 4.39. The Kier molecular flexibility index (Phi) is 2.65. The third-order valence-electron chi connectivity index (χ3n) is 2.76. The van der Waals surface area contributed by atoms with E-state index in [0.29, 0.717) is 0 Å². The first-order valence-corrected chi connectivity index (χ1v) is 5.88. The minimum Gasteiger partial charge on any atom is -0.255 e. The van der Waals surface area contributed by atoms with Crippen LogP contribution < -0.4 is 0 Å². The molecule has 0 bridgehead atoms. The highest BCUT2D eigenvalue weighted by atomic mass is 15.3. The van der Waals surface area contributed by atoms with Crippen molar-refractivity contribution in [3.63, 3.8) is 0 Å². The molecule has 0 saturated carbocycles. The van der Waals surface area contributed by atoms with Crippen LogP contribution in [-0.4, -0.2) is 14.8 Å². The van der Waals surface area contributed by atoms with Gasteiger partial charge in [0, 0.05) is 6.20 Å². The molecule has 0 saturated heterocycles. The van der Waals surface area contributed by atoms with Crippen LogP contribution in [0.25, 0.3) is 17.1 Å². The number of rotatable bonds is 2. The number of benzene rings is 1. The Bertz CT molecular complexity index is 585.